The summed E-state index contributed by atoms with van der Waals surface area (Å²) < 4.78 is 21.3. The molecule has 0 spiro atoms. The SMILES string of the molecule is Cc1cc(Cl)cc(CN2CCC(Oc3cc(F)c(C(=O)N4CCCC4)cc3C3CC3)CC2)c1.O=CO. The fourth-order valence-corrected chi connectivity index (χ4v) is 5.48. The number of hydrogen-bond donors (Lipinski definition) is 1. The number of carboxylic acid groups (broad SMARTS) is 1. The first-order chi connectivity index (χ1) is 17.4. The van der Waals surface area contributed by atoms with Crippen LogP contribution in [0, 0.1) is 12.7 Å². The molecule has 8 heteroatoms. The van der Waals surface area contributed by atoms with Crippen molar-refractivity contribution >= 4 is 24.0 Å². The summed E-state index contributed by atoms with van der Waals surface area (Å²) in [6, 6.07) is 9.44. The van der Waals surface area contributed by atoms with E-state index in [9.17, 15) is 9.18 Å². The average molecular weight is 517 g/mol. The summed E-state index contributed by atoms with van der Waals surface area (Å²) in [7, 11) is 0. The number of ether oxygens (including phenoxy) is 1. The molecule has 0 bridgehead atoms. The van der Waals surface area contributed by atoms with E-state index >= 15 is 0 Å². The average Bonchev–Trinajstić information content (AvgIpc) is 3.52. The highest BCUT2D eigenvalue weighted by atomic mass is 35.5. The van der Waals surface area contributed by atoms with E-state index in [0.29, 0.717) is 11.7 Å². The van der Waals surface area contributed by atoms with Gasteiger partial charge in [0.2, 0.25) is 0 Å². The molecule has 3 aliphatic rings. The maximum atomic E-state index is 15.0. The lowest BCUT2D eigenvalue weighted by Gasteiger charge is -2.32. The highest BCUT2D eigenvalue weighted by molar-refractivity contribution is 6.30. The first-order valence-corrected chi connectivity index (χ1v) is 13.1. The third-order valence-electron chi connectivity index (χ3n) is 7.08. The number of hydrogen-bond acceptors (Lipinski definition) is 4. The normalized spacial score (nSPS) is 18.5. The van der Waals surface area contributed by atoms with E-state index in [1.807, 2.05) is 12.1 Å². The fourth-order valence-electron chi connectivity index (χ4n) is 5.17. The highest BCUT2D eigenvalue weighted by Crippen LogP contribution is 2.45. The van der Waals surface area contributed by atoms with E-state index in [2.05, 4.69) is 17.9 Å². The number of piperidine rings is 1. The van der Waals surface area contributed by atoms with Gasteiger partial charge in [0.1, 0.15) is 17.7 Å². The van der Waals surface area contributed by atoms with Crippen molar-refractivity contribution in [2.24, 2.45) is 0 Å². The van der Waals surface area contributed by atoms with Crippen LogP contribution in [0.1, 0.15) is 71.5 Å². The number of carbonyl (C=O) groups excluding carboxylic acids is 1. The van der Waals surface area contributed by atoms with Crippen LogP contribution < -0.4 is 4.74 Å². The molecule has 2 aromatic rings. The van der Waals surface area contributed by atoms with Crippen LogP contribution in [0.2, 0.25) is 5.02 Å². The van der Waals surface area contributed by atoms with Gasteiger partial charge in [0.05, 0.1) is 5.56 Å². The highest BCUT2D eigenvalue weighted by Gasteiger charge is 2.32. The number of benzene rings is 2. The van der Waals surface area contributed by atoms with Gasteiger partial charge in [0.15, 0.2) is 0 Å². The summed E-state index contributed by atoms with van der Waals surface area (Å²) >= 11 is 6.21. The Morgan fingerprint density at radius 1 is 1.08 bits per heavy atom. The van der Waals surface area contributed by atoms with E-state index in [-0.39, 0.29) is 24.0 Å². The molecule has 0 atom stereocenters. The van der Waals surface area contributed by atoms with Crippen molar-refractivity contribution in [1.29, 1.82) is 0 Å². The summed E-state index contributed by atoms with van der Waals surface area (Å²) in [5, 5.41) is 7.67. The Kier molecular flexibility index (Phi) is 8.86. The number of halogens is 2. The van der Waals surface area contributed by atoms with E-state index in [4.69, 9.17) is 26.2 Å². The molecule has 3 fully saturated rings. The van der Waals surface area contributed by atoms with Crippen molar-refractivity contribution in [1.82, 2.24) is 9.80 Å². The zero-order chi connectivity index (χ0) is 25.7. The Hall–Kier alpha value is -2.64. The Labute approximate surface area is 217 Å². The number of likely N-dealkylation sites (tertiary alicyclic amines) is 2. The van der Waals surface area contributed by atoms with Crippen LogP contribution in [0.4, 0.5) is 4.39 Å². The zero-order valence-corrected chi connectivity index (χ0v) is 21.5. The summed E-state index contributed by atoms with van der Waals surface area (Å²) in [5.74, 6) is 0.386. The van der Waals surface area contributed by atoms with Crippen molar-refractivity contribution < 1.29 is 23.8 Å². The number of amides is 1. The maximum Gasteiger partial charge on any atom is 0.290 e. The van der Waals surface area contributed by atoms with Gasteiger partial charge in [-0.3, -0.25) is 14.5 Å². The minimum Gasteiger partial charge on any atom is -0.490 e. The molecule has 6 nitrogen and oxygen atoms in total. The lowest BCUT2D eigenvalue weighted by molar-refractivity contribution is -0.122. The van der Waals surface area contributed by atoms with Crippen molar-refractivity contribution in [3.63, 3.8) is 0 Å². The van der Waals surface area contributed by atoms with Gasteiger partial charge in [-0.15, -0.1) is 0 Å². The first kappa shape index (κ1) is 26.4. The first-order valence-electron chi connectivity index (χ1n) is 12.7. The molecular formula is C28H34ClFN2O4. The van der Waals surface area contributed by atoms with Gasteiger partial charge in [0.25, 0.3) is 12.4 Å². The lowest BCUT2D eigenvalue weighted by atomic mass is 10.0. The van der Waals surface area contributed by atoms with Gasteiger partial charge in [-0.05, 0) is 86.3 Å². The predicted molar refractivity (Wildman–Crippen MR) is 137 cm³/mol. The van der Waals surface area contributed by atoms with Crippen molar-refractivity contribution in [2.75, 3.05) is 26.2 Å². The molecule has 0 aromatic heterocycles. The molecule has 1 saturated carbocycles. The molecule has 2 aromatic carbocycles. The van der Waals surface area contributed by atoms with Crippen LogP contribution >= 0.6 is 11.6 Å². The molecule has 1 aliphatic carbocycles. The van der Waals surface area contributed by atoms with Gasteiger partial charge in [-0.1, -0.05) is 17.7 Å². The second-order valence-corrected chi connectivity index (χ2v) is 10.4. The summed E-state index contributed by atoms with van der Waals surface area (Å²) in [6.07, 6.45) is 6.03. The second-order valence-electron chi connectivity index (χ2n) is 9.98. The van der Waals surface area contributed by atoms with E-state index in [1.54, 1.807) is 11.0 Å². The summed E-state index contributed by atoms with van der Waals surface area (Å²) in [6.45, 7) is 6.01. The Balaban J connectivity index is 0.000000967. The molecule has 2 heterocycles. The minimum absolute atomic E-state index is 0.0689. The molecule has 0 unspecified atom stereocenters. The van der Waals surface area contributed by atoms with Crippen LogP contribution in [0.25, 0.3) is 0 Å². The summed E-state index contributed by atoms with van der Waals surface area (Å²) in [5.41, 5.74) is 3.63. The molecule has 1 amide bonds. The lowest BCUT2D eigenvalue weighted by Crippen LogP contribution is -2.38. The van der Waals surface area contributed by atoms with E-state index in [1.165, 1.54) is 17.2 Å². The van der Waals surface area contributed by atoms with Gasteiger partial charge in [0, 0.05) is 43.8 Å². The molecule has 1 N–H and O–H groups in total. The van der Waals surface area contributed by atoms with Crippen LogP contribution in [-0.4, -0.2) is 59.6 Å². The third kappa shape index (κ3) is 6.77. The van der Waals surface area contributed by atoms with E-state index < -0.39 is 5.82 Å². The number of aryl methyl sites for hydroxylation is 1. The molecule has 2 saturated heterocycles. The minimum atomic E-state index is -0.458. The second kappa shape index (κ2) is 12.1. The van der Waals surface area contributed by atoms with E-state index in [0.717, 1.165) is 81.8 Å². The van der Waals surface area contributed by atoms with Crippen molar-refractivity contribution in [3.05, 3.63) is 63.4 Å². The Morgan fingerprint density at radius 2 is 1.75 bits per heavy atom. The molecule has 5 rings (SSSR count). The standard InChI is InChI=1S/C27H32ClFN2O2.CH2O2/c1-18-12-19(14-21(28)13-18)17-30-10-6-22(7-11-30)33-26-16-25(29)24(15-23(26)20-4-5-20)27(32)31-8-2-3-9-31;2-1-3/h12-16,20,22H,2-11,17H2,1H3;1H,(H,2,3). The topological polar surface area (TPSA) is 70.1 Å². The summed E-state index contributed by atoms with van der Waals surface area (Å²) in [4.78, 5) is 25.4. The molecule has 36 heavy (non-hydrogen) atoms. The zero-order valence-electron chi connectivity index (χ0n) is 20.7. The predicted octanol–water partition coefficient (Wildman–Crippen LogP) is 5.65. The molecule has 194 valence electrons. The molecule has 0 radical (unpaired) electrons. The monoisotopic (exact) mass is 516 g/mol. The van der Waals surface area contributed by atoms with Crippen LogP contribution in [-0.2, 0) is 11.3 Å². The van der Waals surface area contributed by atoms with Crippen LogP contribution in [0.15, 0.2) is 30.3 Å². The van der Waals surface area contributed by atoms with Gasteiger partial charge >= 0.3 is 0 Å². The third-order valence-corrected chi connectivity index (χ3v) is 7.29. The van der Waals surface area contributed by atoms with Crippen LogP contribution in [0.3, 0.4) is 0 Å². The quantitative estimate of drug-likeness (QED) is 0.503. The number of carbonyl (C=O) groups is 2. The Bertz CT molecular complexity index is 1060. The van der Waals surface area contributed by atoms with Gasteiger partial charge in [-0.25, -0.2) is 4.39 Å². The number of rotatable bonds is 6. The van der Waals surface area contributed by atoms with Crippen molar-refractivity contribution in [2.45, 2.75) is 64.0 Å². The number of nitrogens with zero attached hydrogens (tertiary/aromatic N) is 2. The van der Waals surface area contributed by atoms with Crippen LogP contribution in [0.5, 0.6) is 5.75 Å². The largest absolute Gasteiger partial charge is 0.490 e. The maximum absolute atomic E-state index is 15.0. The Morgan fingerprint density at radius 3 is 2.36 bits per heavy atom. The van der Waals surface area contributed by atoms with Crippen molar-refractivity contribution in [3.8, 4) is 5.75 Å². The smallest absolute Gasteiger partial charge is 0.290 e. The van der Waals surface area contributed by atoms with Gasteiger partial charge < -0.3 is 14.7 Å². The molecule has 2 aliphatic heterocycles. The fraction of sp³-hybridized carbons (Fsp3) is 0.500. The van der Waals surface area contributed by atoms with Gasteiger partial charge in [-0.2, -0.15) is 0 Å². The molecular weight excluding hydrogens is 483 g/mol.